The minimum absolute atomic E-state index is 0. The van der Waals surface area contributed by atoms with Gasteiger partial charge in [0.15, 0.2) is 0 Å². The number of aromatic nitrogens is 1. The predicted octanol–water partition coefficient (Wildman–Crippen LogP) is -0.856. The number of hydrogen-bond acceptors (Lipinski definition) is 1. The van der Waals surface area contributed by atoms with E-state index in [4.69, 9.17) is 11.6 Å². The Morgan fingerprint density at radius 2 is 2.33 bits per heavy atom. The molecule has 1 nitrogen and oxygen atoms in total. The van der Waals surface area contributed by atoms with Gasteiger partial charge in [-0.1, -0.05) is 40.4 Å². The van der Waals surface area contributed by atoms with Gasteiger partial charge in [0.2, 0.25) is 0 Å². The Hall–Kier alpha value is 0.767. The average Bonchev–Trinajstić information content (AvgIpc) is 1.64. The molecule has 0 amide bonds. The molecule has 42 valence electrons. The molecule has 1 rings (SSSR count). The van der Waals surface area contributed by atoms with Crippen molar-refractivity contribution in [1.82, 2.24) is 4.98 Å². The Balaban J connectivity index is 0.000000640. The van der Waals surface area contributed by atoms with Crippen LogP contribution < -0.4 is 18.9 Å². The molecule has 0 fully saturated rings. The van der Waals surface area contributed by atoms with E-state index in [1.54, 1.807) is 6.20 Å². The van der Waals surface area contributed by atoms with Gasteiger partial charge in [0, 0.05) is 5.15 Å². The molecule has 0 aromatic carbocycles. The van der Waals surface area contributed by atoms with Crippen LogP contribution in [-0.4, -0.2) is 4.98 Å². The molecule has 0 radical (unpaired) electrons. The summed E-state index contributed by atoms with van der Waals surface area (Å²) in [6, 6.07) is 4.65. The summed E-state index contributed by atoms with van der Waals surface area (Å²) in [6.45, 7) is 0. The number of pyridine rings is 1. The van der Waals surface area contributed by atoms with Gasteiger partial charge in [-0.25, -0.2) is 0 Å². The number of halogens is 2. The van der Waals surface area contributed by atoms with E-state index in [-0.39, 0.29) is 18.9 Å². The molecule has 0 aliphatic rings. The molecule has 0 aliphatic heterocycles. The molecule has 0 spiro atoms. The topological polar surface area (TPSA) is 12.9 Å². The van der Waals surface area contributed by atoms with Crippen LogP contribution in [-0.2, 0) is 0 Å². The zero-order chi connectivity index (χ0) is 5.98. The Bertz CT molecular complexity index is 177. The summed E-state index contributed by atoms with van der Waals surface area (Å²) >= 11 is 7.60. The normalized spacial score (nSPS) is 8.22. The second kappa shape index (κ2) is 4.56. The van der Waals surface area contributed by atoms with Crippen LogP contribution in [0.3, 0.4) is 0 Å². The molecule has 0 atom stereocenters. The molecule has 1 aromatic rings. The van der Waals surface area contributed by atoms with E-state index in [1.165, 1.54) is 0 Å². The van der Waals surface area contributed by atoms with Gasteiger partial charge in [0.1, 0.15) is 0 Å². The third kappa shape index (κ3) is 3.46. The van der Waals surface area contributed by atoms with Crippen molar-refractivity contribution in [2.75, 3.05) is 0 Å². The van der Waals surface area contributed by atoms with Gasteiger partial charge in [0.25, 0.3) is 0 Å². The van der Waals surface area contributed by atoms with Gasteiger partial charge < -0.3 is 0 Å². The van der Waals surface area contributed by atoms with Gasteiger partial charge in [-0.3, -0.25) is 4.98 Å². The van der Waals surface area contributed by atoms with Crippen molar-refractivity contribution in [3.05, 3.63) is 27.1 Å². The maximum absolute atomic E-state index is 5.47. The smallest absolute Gasteiger partial charge is 0.284 e. The number of hydrogen-bond donors (Lipinski definition) is 0. The monoisotopic (exact) mass is 245 g/mol. The molecule has 4 heteroatoms. The van der Waals surface area contributed by atoms with E-state index in [2.05, 4.69) is 33.6 Å². The fourth-order valence-electron chi connectivity index (χ4n) is 0.341. The third-order valence-corrected chi connectivity index (χ3v) is 1.45. The fourth-order valence-corrected chi connectivity index (χ4v) is 1.07. The van der Waals surface area contributed by atoms with Gasteiger partial charge in [-0.2, -0.15) is 15.7 Å². The van der Waals surface area contributed by atoms with Crippen LogP contribution >= 0.6 is 34.2 Å². The van der Waals surface area contributed by atoms with E-state index >= 15 is 0 Å². The average molecular weight is 245 g/mol. The van der Waals surface area contributed by atoms with Gasteiger partial charge in [-0.15, -0.1) is 0 Å². The molecule has 0 N–H and O–H groups in total. The SMILES string of the molecule is Clc1[c-]c(I)ccn1.[Li+]. The molecule has 0 saturated carbocycles. The van der Waals surface area contributed by atoms with Crippen molar-refractivity contribution in [2.45, 2.75) is 0 Å². The minimum Gasteiger partial charge on any atom is -0.284 e. The van der Waals surface area contributed by atoms with Crippen molar-refractivity contribution in [3.8, 4) is 0 Å². The molecule has 0 unspecified atom stereocenters. The first kappa shape index (κ1) is 9.77. The molecule has 0 saturated heterocycles. The molecule has 1 heterocycles. The zero-order valence-electron chi connectivity index (χ0n) is 4.86. The largest absolute Gasteiger partial charge is 1.00 e. The quantitative estimate of drug-likeness (QED) is 0.251. The Labute approximate surface area is 84.5 Å². The van der Waals surface area contributed by atoms with Crippen molar-refractivity contribution in [3.63, 3.8) is 0 Å². The maximum Gasteiger partial charge on any atom is 1.00 e. The molecule has 0 aliphatic carbocycles. The van der Waals surface area contributed by atoms with Crippen LogP contribution in [0, 0.1) is 9.64 Å². The standard InChI is InChI=1S/C5H2ClIN.Li/c6-5-3-4(7)1-2-8-5;/h1-2H;/q-1;+1. The summed E-state index contributed by atoms with van der Waals surface area (Å²) in [4.78, 5) is 3.75. The summed E-state index contributed by atoms with van der Waals surface area (Å²) < 4.78 is 0.989. The van der Waals surface area contributed by atoms with Crippen LogP contribution in [0.5, 0.6) is 0 Å². The van der Waals surface area contributed by atoms with Crippen LogP contribution in [0.25, 0.3) is 0 Å². The second-order valence-electron chi connectivity index (χ2n) is 1.21. The zero-order valence-corrected chi connectivity index (χ0v) is 7.77. The van der Waals surface area contributed by atoms with Crippen molar-refractivity contribution in [2.24, 2.45) is 0 Å². The summed E-state index contributed by atoms with van der Waals surface area (Å²) in [5.74, 6) is 0. The molecule has 1 aromatic heterocycles. The Morgan fingerprint density at radius 3 is 2.67 bits per heavy atom. The van der Waals surface area contributed by atoms with Crippen molar-refractivity contribution in [1.29, 1.82) is 0 Å². The van der Waals surface area contributed by atoms with E-state index in [0.29, 0.717) is 5.15 Å². The summed E-state index contributed by atoms with van der Waals surface area (Å²) in [5.41, 5.74) is 0. The third-order valence-electron chi connectivity index (χ3n) is 0.631. The van der Waals surface area contributed by atoms with Gasteiger partial charge >= 0.3 is 18.9 Å². The van der Waals surface area contributed by atoms with Crippen LogP contribution in [0.4, 0.5) is 0 Å². The summed E-state index contributed by atoms with van der Waals surface area (Å²) in [7, 11) is 0. The molecule has 9 heavy (non-hydrogen) atoms. The van der Waals surface area contributed by atoms with Crippen LogP contribution in [0.2, 0.25) is 5.15 Å². The molecular weight excluding hydrogens is 243 g/mol. The van der Waals surface area contributed by atoms with Crippen molar-refractivity contribution < 1.29 is 18.9 Å². The maximum atomic E-state index is 5.47. The molecule has 0 bridgehead atoms. The van der Waals surface area contributed by atoms with Crippen LogP contribution in [0.15, 0.2) is 12.3 Å². The fraction of sp³-hybridized carbons (Fsp3) is 0. The van der Waals surface area contributed by atoms with E-state index < -0.39 is 0 Å². The van der Waals surface area contributed by atoms with E-state index in [9.17, 15) is 0 Å². The van der Waals surface area contributed by atoms with Gasteiger partial charge in [-0.05, 0) is 0 Å². The molecular formula is C5H2ClILiN. The Kier molecular flexibility index (Phi) is 4.95. The second-order valence-corrected chi connectivity index (χ2v) is 2.73. The first-order valence-electron chi connectivity index (χ1n) is 1.98. The Morgan fingerprint density at radius 1 is 1.67 bits per heavy atom. The summed E-state index contributed by atoms with van der Waals surface area (Å²) in [6.07, 6.45) is 1.65. The number of rotatable bonds is 0. The number of nitrogens with zero attached hydrogens (tertiary/aromatic N) is 1. The van der Waals surface area contributed by atoms with E-state index in [0.717, 1.165) is 3.57 Å². The van der Waals surface area contributed by atoms with E-state index in [1.807, 2.05) is 6.07 Å². The van der Waals surface area contributed by atoms with Crippen molar-refractivity contribution >= 4 is 34.2 Å². The minimum atomic E-state index is 0. The first-order valence-corrected chi connectivity index (χ1v) is 3.44. The first-order chi connectivity index (χ1) is 3.79. The van der Waals surface area contributed by atoms with Crippen LogP contribution in [0.1, 0.15) is 0 Å². The predicted molar refractivity (Wildman–Crippen MR) is 40.8 cm³/mol. The van der Waals surface area contributed by atoms with Gasteiger partial charge in [0.05, 0.1) is 0 Å². The summed E-state index contributed by atoms with van der Waals surface area (Å²) in [5, 5.41) is 0.428.